The van der Waals surface area contributed by atoms with E-state index in [0.717, 1.165) is 23.5 Å². The molecule has 2 fully saturated rings. The summed E-state index contributed by atoms with van der Waals surface area (Å²) in [6, 6.07) is 7.77. The van der Waals surface area contributed by atoms with E-state index in [2.05, 4.69) is 36.3 Å². The van der Waals surface area contributed by atoms with Crippen molar-refractivity contribution in [1.29, 1.82) is 0 Å². The summed E-state index contributed by atoms with van der Waals surface area (Å²) in [5, 5.41) is 4.47. The van der Waals surface area contributed by atoms with Crippen molar-refractivity contribution in [1.82, 2.24) is 5.32 Å². The molecule has 2 nitrogen and oxygen atoms in total. The van der Waals surface area contributed by atoms with Gasteiger partial charge in [0.15, 0.2) is 0 Å². The fourth-order valence-electron chi connectivity index (χ4n) is 3.53. The highest BCUT2D eigenvalue weighted by atomic mass is 35.5. The first-order chi connectivity index (χ1) is 10.1. The Hall–Kier alpha value is -0.730. The lowest BCUT2D eigenvalue weighted by Gasteiger charge is -2.36. The Bertz CT molecular complexity index is 484. The molecule has 2 unspecified atom stereocenters. The highest BCUT2D eigenvalue weighted by Crippen LogP contribution is 2.32. The molecule has 21 heavy (non-hydrogen) atoms. The Kier molecular flexibility index (Phi) is 4.75. The predicted molar refractivity (Wildman–Crippen MR) is 91.1 cm³/mol. The number of nitrogens with one attached hydrogen (secondary N) is 1. The molecule has 2 atom stereocenters. The molecule has 0 aromatic heterocycles. The van der Waals surface area contributed by atoms with Crippen molar-refractivity contribution in [3.05, 3.63) is 28.8 Å². The molecule has 2 saturated carbocycles. The Balaban J connectivity index is 1.75. The molecule has 0 spiro atoms. The van der Waals surface area contributed by atoms with Gasteiger partial charge in [0.25, 0.3) is 0 Å². The third kappa shape index (κ3) is 3.92. The van der Waals surface area contributed by atoms with Gasteiger partial charge >= 0.3 is 0 Å². The summed E-state index contributed by atoms with van der Waals surface area (Å²) in [6.45, 7) is 3.32. The van der Waals surface area contributed by atoms with Gasteiger partial charge in [-0.25, -0.2) is 0 Å². The first-order valence-electron chi connectivity index (χ1n) is 8.38. The lowest BCUT2D eigenvalue weighted by molar-refractivity contribution is 0.336. The highest BCUT2D eigenvalue weighted by molar-refractivity contribution is 6.30. The van der Waals surface area contributed by atoms with Crippen LogP contribution in [0.5, 0.6) is 0 Å². The van der Waals surface area contributed by atoms with Crippen molar-refractivity contribution in [3.8, 4) is 0 Å². The number of halogens is 1. The monoisotopic (exact) mass is 306 g/mol. The average molecular weight is 307 g/mol. The van der Waals surface area contributed by atoms with Crippen molar-refractivity contribution in [3.63, 3.8) is 0 Å². The smallest absolute Gasteiger partial charge is 0.0412 e. The molecule has 0 radical (unpaired) electrons. The number of anilines is 1. The maximum absolute atomic E-state index is 6.22. The number of nitrogens with zero attached hydrogens (tertiary/aromatic N) is 1. The van der Waals surface area contributed by atoms with Gasteiger partial charge in [-0.1, -0.05) is 31.4 Å². The van der Waals surface area contributed by atoms with Gasteiger partial charge in [-0.3, -0.25) is 0 Å². The second kappa shape index (κ2) is 6.58. The molecule has 1 aromatic carbocycles. The molecule has 0 aliphatic heterocycles. The Labute approximate surface area is 133 Å². The van der Waals surface area contributed by atoms with Crippen LogP contribution in [0.2, 0.25) is 5.02 Å². The summed E-state index contributed by atoms with van der Waals surface area (Å²) in [5.74, 6) is 0.853. The number of hydrogen-bond donors (Lipinski definition) is 1. The Morgan fingerprint density at radius 2 is 2.05 bits per heavy atom. The van der Waals surface area contributed by atoms with E-state index in [1.54, 1.807) is 0 Å². The quantitative estimate of drug-likeness (QED) is 0.855. The van der Waals surface area contributed by atoms with Gasteiger partial charge in [-0.2, -0.15) is 0 Å². The van der Waals surface area contributed by atoms with Gasteiger partial charge in [0.05, 0.1) is 0 Å². The van der Waals surface area contributed by atoms with Crippen molar-refractivity contribution >= 4 is 17.3 Å². The van der Waals surface area contributed by atoms with Crippen molar-refractivity contribution in [2.45, 2.75) is 64.1 Å². The lowest BCUT2D eigenvalue weighted by Crippen LogP contribution is -2.36. The number of rotatable bonds is 5. The molecule has 0 heterocycles. The maximum atomic E-state index is 6.22. The SMILES string of the molecule is CC1CCCC(N(C)c2ccc(Cl)cc2CNC2CC2)C1. The Morgan fingerprint density at radius 1 is 1.24 bits per heavy atom. The standard InChI is InChI=1S/C18H27ClN2/c1-13-4-3-5-17(10-13)21(2)18-9-6-15(19)11-14(18)12-20-16-7-8-16/h6,9,11,13,16-17,20H,3-5,7-8,10,12H2,1-2H3. The fourth-order valence-corrected chi connectivity index (χ4v) is 3.73. The van der Waals surface area contributed by atoms with Crippen LogP contribution in [0, 0.1) is 5.92 Å². The molecular weight excluding hydrogens is 280 g/mol. The summed E-state index contributed by atoms with van der Waals surface area (Å²) in [4.78, 5) is 2.50. The summed E-state index contributed by atoms with van der Waals surface area (Å²) in [6.07, 6.45) is 8.03. The molecular formula is C18H27ClN2. The molecule has 3 heteroatoms. The highest BCUT2D eigenvalue weighted by Gasteiger charge is 2.25. The van der Waals surface area contributed by atoms with Crippen LogP contribution >= 0.6 is 11.6 Å². The zero-order chi connectivity index (χ0) is 14.8. The summed E-state index contributed by atoms with van der Waals surface area (Å²) < 4.78 is 0. The number of hydrogen-bond acceptors (Lipinski definition) is 2. The largest absolute Gasteiger partial charge is 0.371 e. The minimum atomic E-state index is 0.676. The third-order valence-electron chi connectivity index (χ3n) is 5.04. The zero-order valence-electron chi connectivity index (χ0n) is 13.2. The number of benzene rings is 1. The molecule has 1 N–H and O–H groups in total. The molecule has 116 valence electrons. The minimum absolute atomic E-state index is 0.676. The van der Waals surface area contributed by atoms with Crippen LogP contribution in [-0.4, -0.2) is 19.1 Å². The summed E-state index contributed by atoms with van der Waals surface area (Å²) in [5.41, 5.74) is 2.70. The molecule has 0 amide bonds. The van der Waals surface area contributed by atoms with E-state index in [9.17, 15) is 0 Å². The van der Waals surface area contributed by atoms with E-state index < -0.39 is 0 Å². The second-order valence-electron chi connectivity index (χ2n) is 6.96. The molecule has 2 aliphatic carbocycles. The maximum Gasteiger partial charge on any atom is 0.0412 e. The van der Waals surface area contributed by atoms with Gasteiger partial charge in [0.2, 0.25) is 0 Å². The third-order valence-corrected chi connectivity index (χ3v) is 5.27. The van der Waals surface area contributed by atoms with E-state index in [-0.39, 0.29) is 0 Å². The van der Waals surface area contributed by atoms with E-state index in [1.165, 1.54) is 49.8 Å². The topological polar surface area (TPSA) is 15.3 Å². The van der Waals surface area contributed by atoms with Crippen LogP contribution in [0.1, 0.15) is 51.0 Å². The Morgan fingerprint density at radius 3 is 2.76 bits per heavy atom. The van der Waals surface area contributed by atoms with Crippen LogP contribution in [-0.2, 0) is 6.54 Å². The first-order valence-corrected chi connectivity index (χ1v) is 8.76. The van der Waals surface area contributed by atoms with E-state index in [0.29, 0.717) is 6.04 Å². The molecule has 1 aromatic rings. The lowest BCUT2D eigenvalue weighted by atomic mass is 9.86. The molecule has 2 aliphatic rings. The predicted octanol–water partition coefficient (Wildman–Crippen LogP) is 4.61. The average Bonchev–Trinajstić information content (AvgIpc) is 3.29. The van der Waals surface area contributed by atoms with Crippen LogP contribution in [0.25, 0.3) is 0 Å². The van der Waals surface area contributed by atoms with Gasteiger partial charge in [0, 0.05) is 36.4 Å². The molecule has 0 saturated heterocycles. The van der Waals surface area contributed by atoms with Gasteiger partial charge in [-0.15, -0.1) is 0 Å². The van der Waals surface area contributed by atoms with Crippen molar-refractivity contribution in [2.75, 3.05) is 11.9 Å². The molecule has 3 rings (SSSR count). The normalized spacial score (nSPS) is 25.9. The minimum Gasteiger partial charge on any atom is -0.371 e. The first kappa shape index (κ1) is 15.2. The van der Waals surface area contributed by atoms with Gasteiger partial charge in [-0.05, 0) is 55.4 Å². The van der Waals surface area contributed by atoms with Crippen LogP contribution in [0.4, 0.5) is 5.69 Å². The van der Waals surface area contributed by atoms with Gasteiger partial charge in [0.1, 0.15) is 0 Å². The van der Waals surface area contributed by atoms with Crippen LogP contribution < -0.4 is 10.2 Å². The van der Waals surface area contributed by atoms with Crippen molar-refractivity contribution < 1.29 is 0 Å². The van der Waals surface area contributed by atoms with E-state index in [4.69, 9.17) is 11.6 Å². The van der Waals surface area contributed by atoms with Gasteiger partial charge < -0.3 is 10.2 Å². The summed E-state index contributed by atoms with van der Waals surface area (Å²) in [7, 11) is 2.26. The van der Waals surface area contributed by atoms with E-state index >= 15 is 0 Å². The van der Waals surface area contributed by atoms with Crippen LogP contribution in [0.15, 0.2) is 18.2 Å². The summed E-state index contributed by atoms with van der Waals surface area (Å²) >= 11 is 6.22. The molecule has 0 bridgehead atoms. The van der Waals surface area contributed by atoms with E-state index in [1.807, 2.05) is 6.07 Å². The zero-order valence-corrected chi connectivity index (χ0v) is 14.0. The second-order valence-corrected chi connectivity index (χ2v) is 7.40. The van der Waals surface area contributed by atoms with Crippen LogP contribution in [0.3, 0.4) is 0 Å². The fraction of sp³-hybridized carbons (Fsp3) is 0.667. The van der Waals surface area contributed by atoms with Crippen molar-refractivity contribution in [2.24, 2.45) is 5.92 Å².